The lowest BCUT2D eigenvalue weighted by Crippen LogP contribution is -2.46. The Bertz CT molecular complexity index is 872. The first-order valence-electron chi connectivity index (χ1n) is 13.4. The molecular weight excluding hydrogens is 442 g/mol. The van der Waals surface area contributed by atoms with Crippen molar-refractivity contribution in [3.8, 4) is 5.75 Å². The summed E-state index contributed by atoms with van der Waals surface area (Å²) in [4.78, 5) is 30.1. The number of nitrogens with two attached hydrogens (primary N) is 1. The van der Waals surface area contributed by atoms with Gasteiger partial charge in [-0.2, -0.15) is 0 Å². The lowest BCUT2D eigenvalue weighted by atomic mass is 9.76. The van der Waals surface area contributed by atoms with Crippen molar-refractivity contribution >= 4 is 11.9 Å². The van der Waals surface area contributed by atoms with Crippen LogP contribution in [-0.2, 0) is 16.0 Å². The number of carbonyl (C=O) groups excluding carboxylic acids is 1. The lowest BCUT2D eigenvalue weighted by Gasteiger charge is -2.35. The van der Waals surface area contributed by atoms with Gasteiger partial charge in [-0.3, -0.25) is 14.5 Å². The monoisotopic (exact) mass is 487 g/mol. The number of hydrogen-bond acceptors (Lipinski definition) is 5. The summed E-state index contributed by atoms with van der Waals surface area (Å²) in [5.74, 6) is -0.539. The highest BCUT2D eigenvalue weighted by molar-refractivity contribution is 5.79. The average molecular weight is 488 g/mol. The molecule has 2 heterocycles. The first-order chi connectivity index (χ1) is 16.7. The quantitative estimate of drug-likeness (QED) is 0.438. The summed E-state index contributed by atoms with van der Waals surface area (Å²) in [5.41, 5.74) is 7.99. The normalized spacial score (nSPS) is 22.1. The fourth-order valence-electron chi connectivity index (χ4n) is 6.01. The van der Waals surface area contributed by atoms with E-state index in [1.807, 2.05) is 17.0 Å². The standard InChI is InChI=1S/C28H45N3O4/c1-5-7-13-30(14-12-29)25(32)19-31-18-22(20-8-9-24-21(16-20)10-15-35-24)26(27(33)34)23(31)17-28(3,4)11-6-2/h8-9,16,22-23,26H,5-7,10-15,17-19,29H2,1-4H3,(H,33,34). The second-order valence-corrected chi connectivity index (χ2v) is 11.1. The zero-order valence-corrected chi connectivity index (χ0v) is 22.1. The van der Waals surface area contributed by atoms with Crippen molar-refractivity contribution in [1.82, 2.24) is 9.80 Å². The minimum absolute atomic E-state index is 0.00572. The van der Waals surface area contributed by atoms with Crippen LogP contribution in [0.25, 0.3) is 0 Å². The van der Waals surface area contributed by atoms with E-state index in [1.54, 1.807) is 0 Å². The van der Waals surface area contributed by atoms with Gasteiger partial charge in [0.05, 0.1) is 19.1 Å². The number of carbonyl (C=O) groups is 2. The maximum atomic E-state index is 13.4. The third-order valence-corrected chi connectivity index (χ3v) is 7.74. The third kappa shape index (κ3) is 6.76. The SMILES string of the molecule is CCCCN(CCN)C(=O)CN1CC(c2ccc3c(c2)CCO3)C(C(=O)O)C1CC(C)(C)CCC. The van der Waals surface area contributed by atoms with Crippen molar-refractivity contribution in [3.63, 3.8) is 0 Å². The lowest BCUT2D eigenvalue weighted by molar-refractivity contribution is -0.144. The Hall–Kier alpha value is -2.12. The number of nitrogens with zero attached hydrogens (tertiary/aromatic N) is 2. The van der Waals surface area contributed by atoms with E-state index in [4.69, 9.17) is 10.5 Å². The van der Waals surface area contributed by atoms with Crippen LogP contribution in [0.1, 0.15) is 76.8 Å². The van der Waals surface area contributed by atoms with E-state index < -0.39 is 11.9 Å². The number of amides is 1. The van der Waals surface area contributed by atoms with Gasteiger partial charge < -0.3 is 20.5 Å². The van der Waals surface area contributed by atoms with E-state index in [2.05, 4.69) is 38.7 Å². The van der Waals surface area contributed by atoms with Crippen LogP contribution >= 0.6 is 0 Å². The van der Waals surface area contributed by atoms with Crippen molar-refractivity contribution in [2.45, 2.75) is 78.2 Å². The van der Waals surface area contributed by atoms with Crippen molar-refractivity contribution in [2.24, 2.45) is 17.1 Å². The molecule has 3 rings (SSSR count). The first kappa shape index (κ1) is 27.5. The van der Waals surface area contributed by atoms with Crippen LogP contribution in [0.3, 0.4) is 0 Å². The van der Waals surface area contributed by atoms with Crippen molar-refractivity contribution in [3.05, 3.63) is 29.3 Å². The second-order valence-electron chi connectivity index (χ2n) is 11.1. The van der Waals surface area contributed by atoms with Gasteiger partial charge in [0.15, 0.2) is 0 Å². The number of fused-ring (bicyclic) bond motifs is 1. The number of rotatable bonds is 13. The van der Waals surface area contributed by atoms with E-state index in [1.165, 1.54) is 0 Å². The molecule has 7 nitrogen and oxygen atoms in total. The number of aliphatic carboxylic acids is 1. The summed E-state index contributed by atoms with van der Waals surface area (Å²) >= 11 is 0. The zero-order valence-electron chi connectivity index (χ0n) is 22.1. The highest BCUT2D eigenvalue weighted by Gasteiger charge is 2.48. The average Bonchev–Trinajstić information content (AvgIpc) is 3.40. The molecule has 0 bridgehead atoms. The summed E-state index contributed by atoms with van der Waals surface area (Å²) in [6, 6.07) is 5.93. The van der Waals surface area contributed by atoms with Gasteiger partial charge in [0.2, 0.25) is 5.91 Å². The molecule has 0 spiro atoms. The predicted octanol–water partition coefficient (Wildman–Crippen LogP) is 3.89. The van der Waals surface area contributed by atoms with Gasteiger partial charge in [-0.25, -0.2) is 0 Å². The summed E-state index contributed by atoms with van der Waals surface area (Å²) in [6.07, 6.45) is 5.63. The number of carboxylic acid groups (broad SMARTS) is 1. The molecule has 7 heteroatoms. The molecule has 2 aliphatic rings. The molecular formula is C28H45N3O4. The fourth-order valence-corrected chi connectivity index (χ4v) is 6.01. The summed E-state index contributed by atoms with van der Waals surface area (Å²) < 4.78 is 5.67. The Labute approximate surface area is 211 Å². The Morgan fingerprint density at radius 1 is 1.23 bits per heavy atom. The third-order valence-electron chi connectivity index (χ3n) is 7.74. The molecule has 1 aromatic rings. The van der Waals surface area contributed by atoms with Crippen LogP contribution in [0.2, 0.25) is 0 Å². The highest BCUT2D eigenvalue weighted by atomic mass is 16.5. The maximum Gasteiger partial charge on any atom is 0.308 e. The number of carboxylic acids is 1. The van der Waals surface area contributed by atoms with Gasteiger partial charge in [0.25, 0.3) is 0 Å². The Morgan fingerprint density at radius 3 is 2.66 bits per heavy atom. The zero-order chi connectivity index (χ0) is 25.6. The number of likely N-dealkylation sites (tertiary alicyclic amines) is 1. The summed E-state index contributed by atoms with van der Waals surface area (Å²) in [7, 11) is 0. The van der Waals surface area contributed by atoms with Gasteiger partial charge >= 0.3 is 5.97 Å². The molecule has 1 aromatic carbocycles. The molecule has 2 aliphatic heterocycles. The van der Waals surface area contributed by atoms with Gasteiger partial charge in [0.1, 0.15) is 5.75 Å². The molecule has 1 amide bonds. The van der Waals surface area contributed by atoms with Gasteiger partial charge in [-0.15, -0.1) is 0 Å². The largest absolute Gasteiger partial charge is 0.493 e. The molecule has 196 valence electrons. The molecule has 3 atom stereocenters. The smallest absolute Gasteiger partial charge is 0.308 e. The van der Waals surface area contributed by atoms with Crippen LogP contribution in [0.4, 0.5) is 0 Å². The second kappa shape index (κ2) is 12.2. The van der Waals surface area contributed by atoms with Crippen LogP contribution in [0.15, 0.2) is 18.2 Å². The van der Waals surface area contributed by atoms with Crippen LogP contribution < -0.4 is 10.5 Å². The van der Waals surface area contributed by atoms with Crippen LogP contribution in [0.5, 0.6) is 5.75 Å². The van der Waals surface area contributed by atoms with E-state index in [-0.39, 0.29) is 29.8 Å². The van der Waals surface area contributed by atoms with Crippen molar-refractivity contribution in [1.29, 1.82) is 0 Å². The van der Waals surface area contributed by atoms with Crippen molar-refractivity contribution in [2.75, 3.05) is 39.3 Å². The van der Waals surface area contributed by atoms with Crippen LogP contribution in [0, 0.1) is 11.3 Å². The maximum absolute atomic E-state index is 13.4. The minimum Gasteiger partial charge on any atom is -0.493 e. The molecule has 35 heavy (non-hydrogen) atoms. The van der Waals surface area contributed by atoms with E-state index in [0.717, 1.165) is 55.4 Å². The molecule has 0 radical (unpaired) electrons. The highest BCUT2D eigenvalue weighted by Crippen LogP contribution is 2.44. The summed E-state index contributed by atoms with van der Waals surface area (Å²) in [6.45, 7) is 11.9. The van der Waals surface area contributed by atoms with E-state index in [9.17, 15) is 14.7 Å². The van der Waals surface area contributed by atoms with Crippen LogP contribution in [-0.4, -0.2) is 72.2 Å². The molecule has 1 fully saturated rings. The molecule has 0 saturated carbocycles. The number of hydrogen-bond donors (Lipinski definition) is 2. The van der Waals surface area contributed by atoms with Gasteiger partial charge in [0, 0.05) is 44.6 Å². The molecule has 0 aromatic heterocycles. The Balaban J connectivity index is 1.91. The number of benzene rings is 1. The van der Waals surface area contributed by atoms with Gasteiger partial charge in [-0.1, -0.05) is 52.7 Å². The fraction of sp³-hybridized carbons (Fsp3) is 0.714. The molecule has 3 N–H and O–H groups in total. The Kier molecular flexibility index (Phi) is 9.59. The minimum atomic E-state index is -0.774. The summed E-state index contributed by atoms with van der Waals surface area (Å²) in [5, 5.41) is 10.4. The van der Waals surface area contributed by atoms with E-state index >= 15 is 0 Å². The van der Waals surface area contributed by atoms with Crippen molar-refractivity contribution < 1.29 is 19.4 Å². The number of unbranched alkanes of at least 4 members (excludes halogenated alkanes) is 1. The van der Waals surface area contributed by atoms with E-state index in [0.29, 0.717) is 32.8 Å². The molecule has 0 aliphatic carbocycles. The van der Waals surface area contributed by atoms with Gasteiger partial charge in [-0.05, 0) is 41.9 Å². The Morgan fingerprint density at radius 2 is 2.00 bits per heavy atom. The molecule has 3 unspecified atom stereocenters. The predicted molar refractivity (Wildman–Crippen MR) is 139 cm³/mol. The molecule has 1 saturated heterocycles. The number of ether oxygens (including phenoxy) is 1. The topological polar surface area (TPSA) is 96.1 Å². The first-order valence-corrected chi connectivity index (χ1v) is 13.4.